The van der Waals surface area contributed by atoms with Gasteiger partial charge in [-0.25, -0.2) is 8.78 Å². The molecule has 1 atom stereocenters. The van der Waals surface area contributed by atoms with Gasteiger partial charge < -0.3 is 10.4 Å². The number of hydrogen-bond acceptors (Lipinski definition) is 3. The first kappa shape index (κ1) is 13.9. The third kappa shape index (κ3) is 4.32. The zero-order valence-electron chi connectivity index (χ0n) is 9.24. The Morgan fingerprint density at radius 2 is 2.18 bits per heavy atom. The maximum Gasteiger partial charge on any atom is 0.320 e. The van der Waals surface area contributed by atoms with Gasteiger partial charge in [-0.3, -0.25) is 4.79 Å². The van der Waals surface area contributed by atoms with Gasteiger partial charge in [0.25, 0.3) is 0 Å². The first-order valence-electron chi connectivity index (χ1n) is 5.02. The number of likely N-dealkylation sites (N-methyl/N-ethyl adjacent to an activating group) is 1. The fraction of sp³-hybridized carbons (Fsp3) is 0.364. The number of carbonyl (C=O) groups is 1. The van der Waals surface area contributed by atoms with E-state index in [0.717, 1.165) is 12.1 Å². The Labute approximate surface area is 102 Å². The second-order valence-electron chi connectivity index (χ2n) is 3.39. The third-order valence-electron chi connectivity index (χ3n) is 2.21. The third-order valence-corrected chi connectivity index (χ3v) is 3.24. The second-order valence-corrected chi connectivity index (χ2v) is 4.56. The van der Waals surface area contributed by atoms with Crippen LogP contribution in [0.3, 0.4) is 0 Å². The van der Waals surface area contributed by atoms with Gasteiger partial charge in [0.05, 0.1) is 0 Å². The van der Waals surface area contributed by atoms with Gasteiger partial charge >= 0.3 is 5.97 Å². The molecular formula is C11H13F2NO2S. The van der Waals surface area contributed by atoms with Crippen LogP contribution in [0.15, 0.2) is 23.1 Å². The molecular weight excluding hydrogens is 248 g/mol. The number of carboxylic acids is 1. The predicted octanol–water partition coefficient (Wildman–Crippen LogP) is 2.12. The molecule has 0 heterocycles. The lowest BCUT2D eigenvalue weighted by atomic mass is 10.2. The van der Waals surface area contributed by atoms with Crippen LogP contribution in [-0.4, -0.2) is 29.9 Å². The number of hydrogen-bond donors (Lipinski definition) is 2. The number of benzene rings is 1. The molecule has 0 aliphatic rings. The summed E-state index contributed by atoms with van der Waals surface area (Å²) in [6.45, 7) is 0. The molecule has 94 valence electrons. The summed E-state index contributed by atoms with van der Waals surface area (Å²) in [6, 6.07) is 3.02. The molecule has 0 aliphatic heterocycles. The van der Waals surface area contributed by atoms with Gasteiger partial charge in [-0.05, 0) is 31.7 Å². The number of halogens is 2. The summed E-state index contributed by atoms with van der Waals surface area (Å²) < 4.78 is 25.5. The van der Waals surface area contributed by atoms with Crippen molar-refractivity contribution in [1.29, 1.82) is 0 Å². The van der Waals surface area contributed by atoms with Crippen LogP contribution in [-0.2, 0) is 4.79 Å². The van der Waals surface area contributed by atoms with Crippen molar-refractivity contribution >= 4 is 17.7 Å². The van der Waals surface area contributed by atoms with E-state index < -0.39 is 23.6 Å². The lowest BCUT2D eigenvalue weighted by Crippen LogP contribution is -2.34. The van der Waals surface area contributed by atoms with E-state index in [1.54, 1.807) is 7.05 Å². The van der Waals surface area contributed by atoms with Gasteiger partial charge in [0.2, 0.25) is 0 Å². The molecule has 1 aromatic carbocycles. The van der Waals surface area contributed by atoms with Crippen LogP contribution in [0.5, 0.6) is 0 Å². The minimum Gasteiger partial charge on any atom is -0.480 e. The van der Waals surface area contributed by atoms with Crippen molar-refractivity contribution < 1.29 is 18.7 Å². The molecule has 0 aliphatic carbocycles. The predicted molar refractivity (Wildman–Crippen MR) is 62.2 cm³/mol. The van der Waals surface area contributed by atoms with Crippen molar-refractivity contribution in [2.24, 2.45) is 0 Å². The lowest BCUT2D eigenvalue weighted by Gasteiger charge is -2.10. The zero-order chi connectivity index (χ0) is 12.8. The molecule has 1 unspecified atom stereocenters. The van der Waals surface area contributed by atoms with E-state index in [-0.39, 0.29) is 0 Å². The summed E-state index contributed by atoms with van der Waals surface area (Å²) in [5.74, 6) is -2.17. The van der Waals surface area contributed by atoms with Gasteiger partial charge in [0.15, 0.2) is 11.6 Å². The Morgan fingerprint density at radius 3 is 2.71 bits per heavy atom. The van der Waals surface area contributed by atoms with E-state index in [1.165, 1.54) is 17.8 Å². The fourth-order valence-electron chi connectivity index (χ4n) is 1.25. The molecule has 0 saturated carbocycles. The minimum absolute atomic E-state index is 0.412. The minimum atomic E-state index is -0.918. The molecule has 17 heavy (non-hydrogen) atoms. The van der Waals surface area contributed by atoms with E-state index >= 15 is 0 Å². The largest absolute Gasteiger partial charge is 0.480 e. The van der Waals surface area contributed by atoms with Gasteiger partial charge in [0, 0.05) is 10.6 Å². The van der Waals surface area contributed by atoms with Crippen LogP contribution in [0.1, 0.15) is 6.42 Å². The number of carboxylic acid groups (broad SMARTS) is 1. The lowest BCUT2D eigenvalue weighted by molar-refractivity contribution is -0.139. The maximum absolute atomic E-state index is 12.9. The van der Waals surface area contributed by atoms with Crippen LogP contribution in [0.4, 0.5) is 8.78 Å². The smallest absolute Gasteiger partial charge is 0.320 e. The quantitative estimate of drug-likeness (QED) is 0.770. The molecule has 1 rings (SSSR count). The Hall–Kier alpha value is -1.14. The number of aliphatic carboxylic acids is 1. The highest BCUT2D eigenvalue weighted by Crippen LogP contribution is 2.21. The summed E-state index contributed by atoms with van der Waals surface area (Å²) in [7, 11) is 1.57. The molecule has 1 aromatic rings. The van der Waals surface area contributed by atoms with Gasteiger partial charge in [0.1, 0.15) is 6.04 Å². The topological polar surface area (TPSA) is 49.3 Å². The Kier molecular flexibility index (Phi) is 5.37. The zero-order valence-corrected chi connectivity index (χ0v) is 10.1. The van der Waals surface area contributed by atoms with E-state index in [0.29, 0.717) is 17.1 Å². The summed E-state index contributed by atoms with van der Waals surface area (Å²) in [4.78, 5) is 11.3. The van der Waals surface area contributed by atoms with E-state index in [1.807, 2.05) is 0 Å². The highest BCUT2D eigenvalue weighted by Gasteiger charge is 2.14. The number of thioether (sulfide) groups is 1. The highest BCUT2D eigenvalue weighted by atomic mass is 32.2. The average Bonchev–Trinajstić information content (AvgIpc) is 2.28. The molecule has 0 aromatic heterocycles. The van der Waals surface area contributed by atoms with E-state index in [4.69, 9.17) is 5.11 Å². The first-order chi connectivity index (χ1) is 8.04. The molecule has 0 bridgehead atoms. The molecule has 2 N–H and O–H groups in total. The molecule has 3 nitrogen and oxygen atoms in total. The molecule has 0 saturated heterocycles. The average molecular weight is 261 g/mol. The Balaban J connectivity index is 2.45. The molecule has 6 heteroatoms. The summed E-state index contributed by atoms with van der Waals surface area (Å²) in [5.41, 5.74) is 0. The highest BCUT2D eigenvalue weighted by molar-refractivity contribution is 7.99. The Bertz CT molecular complexity index is 401. The van der Waals surface area contributed by atoms with E-state index in [9.17, 15) is 13.6 Å². The van der Waals surface area contributed by atoms with Crippen molar-refractivity contribution in [2.75, 3.05) is 12.8 Å². The SMILES string of the molecule is CNC(CCSc1ccc(F)c(F)c1)C(=O)O. The van der Waals surface area contributed by atoms with Crippen molar-refractivity contribution in [3.63, 3.8) is 0 Å². The summed E-state index contributed by atoms with van der Waals surface area (Å²) in [6.07, 6.45) is 0.412. The second kappa shape index (κ2) is 6.56. The van der Waals surface area contributed by atoms with Gasteiger partial charge in [-0.15, -0.1) is 11.8 Å². The fourth-order valence-corrected chi connectivity index (χ4v) is 2.19. The van der Waals surface area contributed by atoms with Crippen LogP contribution in [0.25, 0.3) is 0 Å². The van der Waals surface area contributed by atoms with Gasteiger partial charge in [-0.1, -0.05) is 0 Å². The monoisotopic (exact) mass is 261 g/mol. The molecule has 0 spiro atoms. The molecule has 0 radical (unpaired) electrons. The van der Waals surface area contributed by atoms with Gasteiger partial charge in [-0.2, -0.15) is 0 Å². The van der Waals surface area contributed by atoms with Crippen molar-refractivity contribution in [2.45, 2.75) is 17.4 Å². The first-order valence-corrected chi connectivity index (χ1v) is 6.01. The van der Waals surface area contributed by atoms with Crippen LogP contribution in [0.2, 0.25) is 0 Å². The van der Waals surface area contributed by atoms with Crippen LogP contribution >= 0.6 is 11.8 Å². The summed E-state index contributed by atoms with van der Waals surface area (Å²) >= 11 is 1.29. The maximum atomic E-state index is 12.9. The normalized spacial score (nSPS) is 12.4. The van der Waals surface area contributed by atoms with E-state index in [2.05, 4.69) is 5.32 Å². The summed E-state index contributed by atoms with van der Waals surface area (Å²) in [5, 5.41) is 11.4. The van der Waals surface area contributed by atoms with Crippen LogP contribution in [0, 0.1) is 11.6 Å². The van der Waals surface area contributed by atoms with Crippen molar-refractivity contribution in [3.8, 4) is 0 Å². The van der Waals surface area contributed by atoms with Crippen LogP contribution < -0.4 is 5.32 Å². The number of rotatable bonds is 6. The number of nitrogens with one attached hydrogen (secondary N) is 1. The van der Waals surface area contributed by atoms with Crippen molar-refractivity contribution in [3.05, 3.63) is 29.8 Å². The Morgan fingerprint density at radius 1 is 1.47 bits per heavy atom. The standard InChI is InChI=1S/C11H13F2NO2S/c1-14-10(11(15)16)4-5-17-7-2-3-8(12)9(13)6-7/h2-3,6,10,14H,4-5H2,1H3,(H,15,16). The molecule has 0 amide bonds. The molecule has 0 fully saturated rings. The van der Waals surface area contributed by atoms with Crippen molar-refractivity contribution in [1.82, 2.24) is 5.32 Å².